The smallest absolute Gasteiger partial charge is 0.275 e. The van der Waals surface area contributed by atoms with E-state index in [0.29, 0.717) is 50.2 Å². The number of hydrogen-bond acceptors (Lipinski definition) is 8. The first kappa shape index (κ1) is 22.5. The Hall–Kier alpha value is -3.67. The molecule has 0 N–H and O–H groups in total. The van der Waals surface area contributed by atoms with Crippen molar-refractivity contribution >= 4 is 17.2 Å². The molecular weight excluding hydrogens is 494 g/mol. The zero-order valence-corrected chi connectivity index (χ0v) is 21.3. The molecule has 0 saturated carbocycles. The summed E-state index contributed by atoms with van der Waals surface area (Å²) in [5.74, 6) is 1.22. The maximum Gasteiger partial charge on any atom is 0.275 e. The van der Waals surface area contributed by atoms with Crippen molar-refractivity contribution in [1.82, 2.24) is 24.5 Å². The third-order valence-corrected chi connectivity index (χ3v) is 7.92. The zero-order valence-electron chi connectivity index (χ0n) is 20.5. The predicted octanol–water partition coefficient (Wildman–Crippen LogP) is 3.14. The monoisotopic (exact) mass is 519 g/mol. The number of carbonyl (C=O) groups is 1. The Labute approximate surface area is 216 Å². The molecule has 11 heteroatoms. The molecule has 7 rings (SSSR count). The van der Waals surface area contributed by atoms with Crippen molar-refractivity contribution in [2.75, 3.05) is 40.1 Å². The molecular formula is C26H25N5O5S. The molecule has 1 amide bonds. The Kier molecular flexibility index (Phi) is 5.14. The predicted molar refractivity (Wildman–Crippen MR) is 135 cm³/mol. The number of ether oxygens (including phenoxy) is 4. The molecule has 10 nitrogen and oxygen atoms in total. The molecule has 0 unspecified atom stereocenters. The van der Waals surface area contributed by atoms with E-state index in [4.69, 9.17) is 24.0 Å². The van der Waals surface area contributed by atoms with Crippen LogP contribution in [0.5, 0.6) is 11.5 Å². The number of fused-ring (bicyclic) bond motifs is 3. The maximum atomic E-state index is 14.0. The first-order chi connectivity index (χ1) is 18.1. The van der Waals surface area contributed by atoms with Gasteiger partial charge in [0.15, 0.2) is 5.69 Å². The van der Waals surface area contributed by atoms with E-state index in [9.17, 15) is 4.79 Å². The normalized spacial score (nSPS) is 17.6. The summed E-state index contributed by atoms with van der Waals surface area (Å²) >= 11 is 1.58. The number of rotatable bonds is 4. The summed E-state index contributed by atoms with van der Waals surface area (Å²) in [5.41, 5.74) is 4.93. The van der Waals surface area contributed by atoms with Crippen LogP contribution in [0.4, 0.5) is 0 Å². The average Bonchev–Trinajstić information content (AvgIpc) is 3.66. The summed E-state index contributed by atoms with van der Waals surface area (Å²) in [7, 11) is 3.52. The molecule has 1 spiro atoms. The van der Waals surface area contributed by atoms with E-state index in [1.807, 2.05) is 57.9 Å². The van der Waals surface area contributed by atoms with Crippen molar-refractivity contribution in [3.05, 3.63) is 52.5 Å². The van der Waals surface area contributed by atoms with Crippen LogP contribution in [-0.2, 0) is 23.1 Å². The summed E-state index contributed by atoms with van der Waals surface area (Å²) in [6.45, 7) is 2.64. The Morgan fingerprint density at radius 3 is 2.70 bits per heavy atom. The van der Waals surface area contributed by atoms with Crippen LogP contribution >= 0.6 is 11.3 Å². The van der Waals surface area contributed by atoms with Gasteiger partial charge in [0.05, 0.1) is 50.6 Å². The zero-order chi connectivity index (χ0) is 25.1. The number of benzene rings is 1. The molecule has 2 saturated heterocycles. The average molecular weight is 520 g/mol. The lowest BCUT2D eigenvalue weighted by molar-refractivity contribution is -0.181. The van der Waals surface area contributed by atoms with Gasteiger partial charge in [-0.2, -0.15) is 21.5 Å². The molecule has 37 heavy (non-hydrogen) atoms. The van der Waals surface area contributed by atoms with Gasteiger partial charge in [-0.3, -0.25) is 9.48 Å². The van der Waals surface area contributed by atoms with E-state index in [0.717, 1.165) is 33.8 Å². The quantitative estimate of drug-likeness (QED) is 0.409. The summed E-state index contributed by atoms with van der Waals surface area (Å²) in [6.07, 6.45) is 1.89. The second-order valence-electron chi connectivity index (χ2n) is 9.51. The highest BCUT2D eigenvalue weighted by molar-refractivity contribution is 7.08. The van der Waals surface area contributed by atoms with E-state index in [1.54, 1.807) is 23.1 Å². The molecule has 4 aromatic rings. The van der Waals surface area contributed by atoms with Crippen LogP contribution in [0, 0.1) is 0 Å². The van der Waals surface area contributed by atoms with Gasteiger partial charge >= 0.3 is 0 Å². The lowest BCUT2D eigenvalue weighted by Crippen LogP contribution is -2.69. The van der Waals surface area contributed by atoms with Crippen LogP contribution in [0.2, 0.25) is 0 Å². The molecule has 1 aromatic carbocycles. The van der Waals surface area contributed by atoms with E-state index in [2.05, 4.69) is 5.10 Å². The van der Waals surface area contributed by atoms with Gasteiger partial charge in [0.25, 0.3) is 5.91 Å². The van der Waals surface area contributed by atoms with Gasteiger partial charge in [0.2, 0.25) is 0 Å². The number of hydrogen-bond donors (Lipinski definition) is 0. The number of amides is 1. The Bertz CT molecular complexity index is 1500. The second kappa shape index (κ2) is 8.44. The van der Waals surface area contributed by atoms with Crippen molar-refractivity contribution in [1.29, 1.82) is 0 Å². The van der Waals surface area contributed by atoms with Gasteiger partial charge < -0.3 is 23.8 Å². The highest BCUT2D eigenvalue weighted by atomic mass is 32.1. The number of thiophene rings is 1. The van der Waals surface area contributed by atoms with Gasteiger partial charge in [0.1, 0.15) is 23.6 Å². The highest BCUT2D eigenvalue weighted by Gasteiger charge is 2.50. The standard InChI is InChI=1S/C26H25N5O5S/c1-29-5-3-20(27-29)17-9-18-22(10-21(17)33-2)36-11-19-23(28-31(24(18)19)16-4-8-37-12-16)25(32)30-6-7-34-13-26(30)14-35-15-26/h3-5,8-10,12H,6-7,11,13-15H2,1-2H3. The van der Waals surface area contributed by atoms with Crippen molar-refractivity contribution in [2.24, 2.45) is 7.05 Å². The van der Waals surface area contributed by atoms with Crippen molar-refractivity contribution in [2.45, 2.75) is 12.1 Å². The van der Waals surface area contributed by atoms with E-state index < -0.39 is 5.54 Å². The molecule has 3 aromatic heterocycles. The largest absolute Gasteiger partial charge is 0.496 e. The lowest BCUT2D eigenvalue weighted by Gasteiger charge is -2.51. The Balaban J connectivity index is 1.41. The van der Waals surface area contributed by atoms with Gasteiger partial charge in [-0.15, -0.1) is 0 Å². The fourth-order valence-corrected chi connectivity index (χ4v) is 5.91. The molecule has 2 fully saturated rings. The minimum atomic E-state index is -0.429. The topological polar surface area (TPSA) is 92.9 Å². The van der Waals surface area contributed by atoms with Crippen LogP contribution in [0.15, 0.2) is 41.2 Å². The first-order valence-electron chi connectivity index (χ1n) is 12.1. The Morgan fingerprint density at radius 1 is 1.14 bits per heavy atom. The van der Waals surface area contributed by atoms with Crippen molar-refractivity contribution in [3.8, 4) is 39.7 Å². The minimum absolute atomic E-state index is 0.123. The number of aromatic nitrogens is 4. The van der Waals surface area contributed by atoms with Crippen LogP contribution in [0.3, 0.4) is 0 Å². The van der Waals surface area contributed by atoms with E-state index >= 15 is 0 Å². The number of morpholine rings is 1. The van der Waals surface area contributed by atoms with Crippen LogP contribution in [0.1, 0.15) is 16.1 Å². The Morgan fingerprint density at radius 2 is 2.00 bits per heavy atom. The molecule has 3 aliphatic heterocycles. The third kappa shape index (κ3) is 3.41. The molecule has 6 heterocycles. The first-order valence-corrected chi connectivity index (χ1v) is 13.0. The fraction of sp³-hybridized carbons (Fsp3) is 0.346. The van der Waals surface area contributed by atoms with Gasteiger partial charge in [-0.05, 0) is 23.6 Å². The summed E-state index contributed by atoms with van der Waals surface area (Å²) < 4.78 is 26.7. The molecule has 0 aliphatic carbocycles. The second-order valence-corrected chi connectivity index (χ2v) is 10.3. The SMILES string of the molecule is COc1cc2c(cc1-c1ccn(C)n1)-c1c(c(C(=O)N3CCOCC34COC4)nn1-c1ccsc1)CO2. The molecule has 190 valence electrons. The number of aryl methyl sites for hydroxylation is 1. The van der Waals surface area contributed by atoms with Crippen LogP contribution < -0.4 is 9.47 Å². The lowest BCUT2D eigenvalue weighted by atomic mass is 9.93. The molecule has 0 radical (unpaired) electrons. The summed E-state index contributed by atoms with van der Waals surface area (Å²) in [4.78, 5) is 15.9. The third-order valence-electron chi connectivity index (χ3n) is 7.24. The van der Waals surface area contributed by atoms with Crippen molar-refractivity contribution < 1.29 is 23.7 Å². The maximum absolute atomic E-state index is 14.0. The molecule has 0 atom stereocenters. The van der Waals surface area contributed by atoms with Gasteiger partial charge in [0, 0.05) is 47.9 Å². The van der Waals surface area contributed by atoms with Gasteiger partial charge in [-0.25, -0.2) is 4.68 Å². The summed E-state index contributed by atoms with van der Waals surface area (Å²) in [6, 6.07) is 7.85. The summed E-state index contributed by atoms with van der Waals surface area (Å²) in [5, 5.41) is 13.5. The number of methoxy groups -OCH3 is 1. The van der Waals surface area contributed by atoms with E-state index in [1.165, 1.54) is 0 Å². The molecule has 3 aliphatic rings. The number of carbonyl (C=O) groups excluding carboxylic acids is 1. The molecule has 0 bridgehead atoms. The number of nitrogens with zero attached hydrogens (tertiary/aromatic N) is 5. The fourth-order valence-electron chi connectivity index (χ4n) is 5.30. The van der Waals surface area contributed by atoms with Gasteiger partial charge in [-0.1, -0.05) is 0 Å². The van der Waals surface area contributed by atoms with Crippen molar-refractivity contribution in [3.63, 3.8) is 0 Å². The highest BCUT2D eigenvalue weighted by Crippen LogP contribution is 2.46. The van der Waals surface area contributed by atoms with Crippen LogP contribution in [0.25, 0.3) is 28.2 Å². The minimum Gasteiger partial charge on any atom is -0.496 e. The van der Waals surface area contributed by atoms with Crippen LogP contribution in [-0.4, -0.2) is 76.0 Å². The van der Waals surface area contributed by atoms with E-state index in [-0.39, 0.29) is 12.5 Å².